The Balaban J connectivity index is 1.32. The topological polar surface area (TPSA) is 128 Å². The van der Waals surface area contributed by atoms with Crippen LogP contribution in [0.15, 0.2) is 35.9 Å². The van der Waals surface area contributed by atoms with E-state index in [1.807, 2.05) is 31.1 Å². The summed E-state index contributed by atoms with van der Waals surface area (Å²) in [6.45, 7) is 2.24. The van der Waals surface area contributed by atoms with Crippen molar-refractivity contribution in [2.45, 2.75) is 80.3 Å². The summed E-state index contributed by atoms with van der Waals surface area (Å²) >= 11 is 0. The second-order valence-corrected chi connectivity index (χ2v) is 12.4. The van der Waals surface area contributed by atoms with Gasteiger partial charge in [-0.3, -0.25) is 5.10 Å². The molecule has 2 spiro atoms. The third-order valence-corrected chi connectivity index (χ3v) is 10.7. The average molecular weight is 511 g/mol. The number of anilines is 1. The Morgan fingerprint density at radius 2 is 1.97 bits per heavy atom. The number of alkyl halides is 1. The Morgan fingerprint density at radius 3 is 2.73 bits per heavy atom. The van der Waals surface area contributed by atoms with E-state index in [9.17, 15) is 15.3 Å². The maximum Gasteiger partial charge on any atom is 0.197 e. The summed E-state index contributed by atoms with van der Waals surface area (Å²) in [6, 6.07) is 5.67. The number of nitrogens with zero attached hydrogens (tertiary/aromatic N) is 2. The first-order valence-electron chi connectivity index (χ1n) is 13.2. The maximum atomic E-state index is 17.0. The molecule has 1 saturated carbocycles. The van der Waals surface area contributed by atoms with E-state index in [-0.39, 0.29) is 17.8 Å². The molecule has 8 nitrogen and oxygen atoms in total. The number of aromatic amines is 1. The molecule has 6 N–H and O–H groups in total. The second-order valence-electron chi connectivity index (χ2n) is 12.4. The minimum absolute atomic E-state index is 0.00719. The lowest BCUT2D eigenvalue weighted by molar-refractivity contribution is -0.308. The number of nitrogen functional groups attached to an aromatic ring is 1. The van der Waals surface area contributed by atoms with Crippen molar-refractivity contribution >= 4 is 22.3 Å². The lowest BCUT2D eigenvalue weighted by Crippen LogP contribution is -2.78. The van der Waals surface area contributed by atoms with Gasteiger partial charge in [0.15, 0.2) is 11.5 Å². The summed E-state index contributed by atoms with van der Waals surface area (Å²) in [6.07, 6.45) is 2.11. The van der Waals surface area contributed by atoms with Gasteiger partial charge in [0.05, 0.1) is 17.2 Å². The van der Waals surface area contributed by atoms with Crippen molar-refractivity contribution in [2.75, 3.05) is 19.8 Å². The van der Waals surface area contributed by atoms with Crippen molar-refractivity contribution in [3.05, 3.63) is 41.5 Å². The molecule has 3 aliphatic carbocycles. The van der Waals surface area contributed by atoms with E-state index in [0.717, 1.165) is 22.9 Å². The summed E-state index contributed by atoms with van der Waals surface area (Å²) in [5.41, 5.74) is 4.83. The zero-order valence-electron chi connectivity index (χ0n) is 21.4. The third-order valence-electron chi connectivity index (χ3n) is 10.7. The number of nitrogens with two attached hydrogens (primary N) is 1. The van der Waals surface area contributed by atoms with Crippen LogP contribution in [-0.4, -0.2) is 85.7 Å². The number of hydrogen-bond donors (Lipinski definition) is 5. The molecule has 9 atom stereocenters. The first kappa shape index (κ1) is 23.8. The van der Waals surface area contributed by atoms with Gasteiger partial charge in [-0.1, -0.05) is 25.1 Å². The molecule has 2 saturated heterocycles. The van der Waals surface area contributed by atoms with Crippen LogP contribution in [0.25, 0.3) is 16.5 Å². The van der Waals surface area contributed by atoms with Gasteiger partial charge < -0.3 is 30.7 Å². The number of nitrogens with one attached hydrogen (secondary N) is 1. The Hall–Kier alpha value is -2.30. The molecule has 1 aromatic heterocycles. The van der Waals surface area contributed by atoms with E-state index in [1.54, 1.807) is 0 Å². The molecule has 3 heterocycles. The van der Waals surface area contributed by atoms with E-state index < -0.39 is 41.2 Å². The van der Waals surface area contributed by atoms with E-state index >= 15 is 4.39 Å². The maximum absolute atomic E-state index is 17.0. The van der Waals surface area contributed by atoms with Gasteiger partial charge in [0.25, 0.3) is 0 Å². The van der Waals surface area contributed by atoms with Gasteiger partial charge in [-0.15, -0.1) is 0 Å². The molecule has 2 bridgehead atoms. The zero-order valence-corrected chi connectivity index (χ0v) is 21.4. The lowest BCUT2D eigenvalue weighted by Gasteiger charge is -2.62. The number of aromatic nitrogens is 2. The fourth-order valence-corrected chi connectivity index (χ4v) is 8.73. The van der Waals surface area contributed by atoms with Gasteiger partial charge in [0.2, 0.25) is 0 Å². The molecule has 2 aromatic rings. The molecule has 7 rings (SSSR count). The van der Waals surface area contributed by atoms with Crippen LogP contribution in [0.2, 0.25) is 0 Å². The predicted molar refractivity (Wildman–Crippen MR) is 137 cm³/mol. The Labute approximate surface area is 215 Å². The van der Waals surface area contributed by atoms with E-state index in [2.05, 4.69) is 35.3 Å². The van der Waals surface area contributed by atoms with Crippen molar-refractivity contribution < 1.29 is 24.4 Å². The summed E-state index contributed by atoms with van der Waals surface area (Å²) in [5, 5.41) is 41.5. The van der Waals surface area contributed by atoms with Crippen molar-refractivity contribution in [2.24, 2.45) is 11.3 Å². The van der Waals surface area contributed by atoms with Crippen LogP contribution in [0.5, 0.6) is 0 Å². The van der Waals surface area contributed by atoms with E-state index in [0.29, 0.717) is 30.7 Å². The first-order chi connectivity index (χ1) is 17.5. The highest BCUT2D eigenvalue weighted by molar-refractivity contribution is 5.92. The molecule has 1 aromatic carbocycles. The third kappa shape index (κ3) is 2.62. The number of hydrogen-bond acceptors (Lipinski definition) is 7. The smallest absolute Gasteiger partial charge is 0.197 e. The van der Waals surface area contributed by atoms with Gasteiger partial charge >= 0.3 is 0 Å². The number of likely N-dealkylation sites (N-methyl/N-ethyl adjacent to an activating group) is 1. The number of fused-ring (bicyclic) bond motifs is 2. The van der Waals surface area contributed by atoms with E-state index in [1.165, 1.54) is 5.57 Å². The standard InChI is InChI=1S/C28H35FN4O4/c1-25-9-8-17-22(35)28(29)23(36)21(34)19(33(2)3)13-26(28)10-11-27(17,37-26)20(25)7-5-16(25)14-4-6-18-15(12-14)24(30)32-31-18/h4-6,8,12,19-23,34-36H,7,9-11,13H2,1-3H3,(H3,30,31,32)/t19-,20?,21+,22?,23-,25+,26+,27+,28?/m0/s1. The van der Waals surface area contributed by atoms with Crippen molar-refractivity contribution in [1.29, 1.82) is 0 Å². The minimum atomic E-state index is -2.47. The normalized spacial score (nSPS) is 46.4. The molecule has 0 radical (unpaired) electrons. The summed E-state index contributed by atoms with van der Waals surface area (Å²) in [5.74, 6) is 0.471. The van der Waals surface area contributed by atoms with Crippen LogP contribution in [0.3, 0.4) is 0 Å². The zero-order chi connectivity index (χ0) is 26.1. The average Bonchev–Trinajstić information content (AvgIpc) is 3.53. The number of rotatable bonds is 2. The van der Waals surface area contributed by atoms with E-state index in [4.69, 9.17) is 10.5 Å². The number of allylic oxidation sites excluding steroid dienone is 3. The van der Waals surface area contributed by atoms with Crippen LogP contribution in [0.1, 0.15) is 44.6 Å². The van der Waals surface area contributed by atoms with Crippen LogP contribution in [-0.2, 0) is 4.74 Å². The summed E-state index contributed by atoms with van der Waals surface area (Å²) in [7, 11) is 3.62. The van der Waals surface area contributed by atoms with Crippen LogP contribution < -0.4 is 5.73 Å². The van der Waals surface area contributed by atoms with Gasteiger partial charge in [0, 0.05) is 22.8 Å². The number of halogens is 1. The van der Waals surface area contributed by atoms with Crippen molar-refractivity contribution in [3.63, 3.8) is 0 Å². The number of ether oxygens (including phenoxy) is 1. The summed E-state index contributed by atoms with van der Waals surface area (Å²) < 4.78 is 23.9. The molecular weight excluding hydrogens is 475 g/mol. The van der Waals surface area contributed by atoms with Crippen LogP contribution >= 0.6 is 0 Å². The largest absolute Gasteiger partial charge is 0.389 e. The van der Waals surface area contributed by atoms with Crippen molar-refractivity contribution in [1.82, 2.24) is 15.1 Å². The number of H-pyrrole nitrogens is 1. The predicted octanol–water partition coefficient (Wildman–Crippen LogP) is 2.31. The Bertz CT molecular complexity index is 1370. The molecule has 5 aliphatic rings. The molecule has 0 amide bonds. The molecule has 198 valence electrons. The molecule has 37 heavy (non-hydrogen) atoms. The molecule has 3 fully saturated rings. The first-order valence-corrected chi connectivity index (χ1v) is 13.2. The second kappa shape index (κ2) is 7.21. The van der Waals surface area contributed by atoms with Crippen molar-refractivity contribution in [3.8, 4) is 0 Å². The van der Waals surface area contributed by atoms with Gasteiger partial charge in [0.1, 0.15) is 17.8 Å². The monoisotopic (exact) mass is 510 g/mol. The number of aliphatic hydroxyl groups is 3. The fourth-order valence-electron chi connectivity index (χ4n) is 8.73. The Morgan fingerprint density at radius 1 is 1.19 bits per heavy atom. The molecule has 3 unspecified atom stereocenters. The summed E-state index contributed by atoms with van der Waals surface area (Å²) in [4.78, 5) is 1.81. The molecule has 9 heteroatoms. The van der Waals surface area contributed by atoms with Crippen LogP contribution in [0, 0.1) is 11.3 Å². The fraction of sp³-hybridized carbons (Fsp3) is 0.607. The highest BCUT2D eigenvalue weighted by Crippen LogP contribution is 2.70. The minimum Gasteiger partial charge on any atom is -0.389 e. The van der Waals surface area contributed by atoms with Gasteiger partial charge in [-0.25, -0.2) is 4.39 Å². The highest BCUT2D eigenvalue weighted by atomic mass is 19.1. The van der Waals surface area contributed by atoms with Crippen LogP contribution in [0.4, 0.5) is 10.2 Å². The number of benzene rings is 1. The quantitative estimate of drug-likeness (QED) is 0.392. The SMILES string of the molecule is CN(C)[C@H]1C[C@@]23CC[C@@]4(O2)C(=CC[C@]2(C)C(c5ccc6[nH]nc(N)c6c5)=CCC24)C(O)C3(F)[C@@H](O)[C@@H]1O. The lowest BCUT2D eigenvalue weighted by atomic mass is 9.55. The number of aliphatic hydroxyl groups excluding tert-OH is 3. The highest BCUT2D eigenvalue weighted by Gasteiger charge is 2.79. The Kier molecular flexibility index (Phi) is 4.64. The molecular formula is C28H35FN4O4. The van der Waals surface area contributed by atoms with Gasteiger partial charge in [-0.05, 0) is 75.0 Å². The van der Waals surface area contributed by atoms with Gasteiger partial charge in [-0.2, -0.15) is 5.10 Å². The molecule has 2 aliphatic heterocycles.